The third-order valence-electron chi connectivity index (χ3n) is 3.78. The van der Waals surface area contributed by atoms with Crippen LogP contribution in [-0.2, 0) is 6.54 Å². The zero-order chi connectivity index (χ0) is 13.8. The van der Waals surface area contributed by atoms with E-state index < -0.39 is 0 Å². The molecule has 0 spiro atoms. The van der Waals surface area contributed by atoms with Crippen LogP contribution in [0.4, 0.5) is 0 Å². The molecule has 6 heteroatoms. The maximum Gasteiger partial charge on any atom is 0.217 e. The first-order valence-corrected chi connectivity index (χ1v) is 6.95. The summed E-state index contributed by atoms with van der Waals surface area (Å²) in [6.07, 6.45) is 6.89. The average Bonchev–Trinajstić information content (AvgIpc) is 3.02. The van der Waals surface area contributed by atoms with E-state index in [4.69, 9.17) is 4.74 Å². The van der Waals surface area contributed by atoms with E-state index in [-0.39, 0.29) is 0 Å². The molecule has 0 aliphatic carbocycles. The van der Waals surface area contributed by atoms with Crippen molar-refractivity contribution in [3.63, 3.8) is 0 Å². The molecule has 0 saturated carbocycles. The molecular weight excluding hydrogens is 254 g/mol. The van der Waals surface area contributed by atoms with E-state index in [2.05, 4.69) is 31.1 Å². The summed E-state index contributed by atoms with van der Waals surface area (Å²) < 4.78 is 5.34. The van der Waals surface area contributed by atoms with E-state index in [1.165, 1.54) is 12.8 Å². The van der Waals surface area contributed by atoms with Gasteiger partial charge in [-0.25, -0.2) is 9.97 Å². The number of aromatic amines is 1. The van der Waals surface area contributed by atoms with Gasteiger partial charge in [-0.1, -0.05) is 12.5 Å². The van der Waals surface area contributed by atoms with Crippen LogP contribution in [0.5, 0.6) is 5.88 Å². The predicted molar refractivity (Wildman–Crippen MR) is 74.2 cm³/mol. The Morgan fingerprint density at radius 1 is 1.40 bits per heavy atom. The SMILES string of the molecule is COc1ncccc1CN1CCCC[C@@H]1c1ncn[nH]1. The van der Waals surface area contributed by atoms with Crippen molar-refractivity contribution in [1.82, 2.24) is 25.1 Å². The number of hydrogen-bond donors (Lipinski definition) is 1. The van der Waals surface area contributed by atoms with Gasteiger partial charge in [-0.15, -0.1) is 0 Å². The summed E-state index contributed by atoms with van der Waals surface area (Å²) >= 11 is 0. The number of nitrogens with one attached hydrogen (secondary N) is 1. The summed E-state index contributed by atoms with van der Waals surface area (Å²) in [5, 5.41) is 6.97. The van der Waals surface area contributed by atoms with Crippen molar-refractivity contribution in [2.75, 3.05) is 13.7 Å². The fourth-order valence-electron chi connectivity index (χ4n) is 2.81. The maximum absolute atomic E-state index is 5.34. The molecule has 0 radical (unpaired) electrons. The molecule has 3 rings (SSSR count). The quantitative estimate of drug-likeness (QED) is 0.922. The summed E-state index contributed by atoms with van der Waals surface area (Å²) in [4.78, 5) is 11.0. The molecule has 0 aromatic carbocycles. The predicted octanol–water partition coefficient (Wildman–Crippen LogP) is 1.94. The summed E-state index contributed by atoms with van der Waals surface area (Å²) in [5.41, 5.74) is 1.11. The zero-order valence-electron chi connectivity index (χ0n) is 11.6. The number of pyridine rings is 1. The Morgan fingerprint density at radius 2 is 2.35 bits per heavy atom. The maximum atomic E-state index is 5.34. The summed E-state index contributed by atoms with van der Waals surface area (Å²) in [5.74, 6) is 1.65. The van der Waals surface area contributed by atoms with E-state index >= 15 is 0 Å². The molecule has 2 aromatic rings. The average molecular weight is 273 g/mol. The molecule has 1 saturated heterocycles. The molecule has 106 valence electrons. The monoisotopic (exact) mass is 273 g/mol. The van der Waals surface area contributed by atoms with Crippen LogP contribution in [0.1, 0.15) is 36.7 Å². The zero-order valence-corrected chi connectivity index (χ0v) is 11.6. The lowest BCUT2D eigenvalue weighted by Crippen LogP contribution is -2.33. The number of ether oxygens (including phenoxy) is 1. The van der Waals surface area contributed by atoms with Crippen LogP contribution in [0, 0.1) is 0 Å². The van der Waals surface area contributed by atoms with E-state index in [9.17, 15) is 0 Å². The van der Waals surface area contributed by atoms with Gasteiger partial charge in [0.15, 0.2) is 0 Å². The molecule has 2 aromatic heterocycles. The lowest BCUT2D eigenvalue weighted by molar-refractivity contribution is 0.132. The smallest absolute Gasteiger partial charge is 0.217 e. The molecule has 1 N–H and O–H groups in total. The van der Waals surface area contributed by atoms with Gasteiger partial charge >= 0.3 is 0 Å². The van der Waals surface area contributed by atoms with Crippen LogP contribution >= 0.6 is 0 Å². The first kappa shape index (κ1) is 13.1. The standard InChI is InChI=1S/C14H19N5O/c1-20-14-11(5-4-7-15-14)9-19-8-3-2-6-12(19)13-16-10-17-18-13/h4-5,7,10,12H,2-3,6,8-9H2,1H3,(H,16,17,18)/t12-/m1/s1. The van der Waals surface area contributed by atoms with Gasteiger partial charge in [-0.2, -0.15) is 5.10 Å². The van der Waals surface area contributed by atoms with E-state index in [0.717, 1.165) is 30.9 Å². The van der Waals surface area contributed by atoms with Crippen molar-refractivity contribution in [2.24, 2.45) is 0 Å². The lowest BCUT2D eigenvalue weighted by Gasteiger charge is -2.34. The number of rotatable bonds is 4. The molecule has 1 aliphatic heterocycles. The Kier molecular flexibility index (Phi) is 3.92. The Morgan fingerprint density at radius 3 is 3.15 bits per heavy atom. The minimum Gasteiger partial charge on any atom is -0.481 e. The van der Waals surface area contributed by atoms with Gasteiger partial charge in [-0.3, -0.25) is 10.00 Å². The van der Waals surface area contributed by atoms with Gasteiger partial charge in [0.05, 0.1) is 13.2 Å². The molecule has 1 fully saturated rings. The Hall–Kier alpha value is -1.95. The molecule has 1 atom stereocenters. The third kappa shape index (κ3) is 2.65. The van der Waals surface area contributed by atoms with Gasteiger partial charge < -0.3 is 4.74 Å². The molecular formula is C14H19N5O. The second-order valence-corrected chi connectivity index (χ2v) is 5.02. The van der Waals surface area contributed by atoms with Crippen molar-refractivity contribution in [1.29, 1.82) is 0 Å². The summed E-state index contributed by atoms with van der Waals surface area (Å²) in [6.45, 7) is 1.88. The van der Waals surface area contributed by atoms with Crippen LogP contribution in [0.15, 0.2) is 24.7 Å². The fraction of sp³-hybridized carbons (Fsp3) is 0.500. The fourth-order valence-corrected chi connectivity index (χ4v) is 2.81. The highest BCUT2D eigenvalue weighted by Crippen LogP contribution is 2.31. The normalized spacial score (nSPS) is 19.9. The van der Waals surface area contributed by atoms with Crippen molar-refractivity contribution >= 4 is 0 Å². The van der Waals surface area contributed by atoms with Crippen LogP contribution in [0.2, 0.25) is 0 Å². The molecule has 0 amide bonds. The van der Waals surface area contributed by atoms with Crippen LogP contribution in [-0.4, -0.2) is 38.7 Å². The third-order valence-corrected chi connectivity index (χ3v) is 3.78. The van der Waals surface area contributed by atoms with Crippen LogP contribution < -0.4 is 4.74 Å². The Labute approximate surface area is 118 Å². The molecule has 0 bridgehead atoms. The molecule has 0 unspecified atom stereocenters. The van der Waals surface area contributed by atoms with Gasteiger partial charge in [0.2, 0.25) is 5.88 Å². The summed E-state index contributed by atoms with van der Waals surface area (Å²) in [7, 11) is 1.66. The van der Waals surface area contributed by atoms with Gasteiger partial charge in [0, 0.05) is 18.3 Å². The first-order chi connectivity index (χ1) is 9.88. The van der Waals surface area contributed by atoms with E-state index in [1.54, 1.807) is 19.6 Å². The number of H-pyrrole nitrogens is 1. The number of hydrogen-bond acceptors (Lipinski definition) is 5. The number of nitrogens with zero attached hydrogens (tertiary/aromatic N) is 4. The number of methoxy groups -OCH3 is 1. The number of likely N-dealkylation sites (tertiary alicyclic amines) is 1. The second-order valence-electron chi connectivity index (χ2n) is 5.02. The minimum atomic E-state index is 0.302. The highest BCUT2D eigenvalue weighted by Gasteiger charge is 2.26. The van der Waals surface area contributed by atoms with Gasteiger partial charge in [0.25, 0.3) is 0 Å². The molecule has 3 heterocycles. The number of aromatic nitrogens is 4. The van der Waals surface area contributed by atoms with Crippen molar-refractivity contribution in [2.45, 2.75) is 31.8 Å². The van der Waals surface area contributed by atoms with Crippen molar-refractivity contribution in [3.05, 3.63) is 36.0 Å². The Balaban J connectivity index is 1.80. The highest BCUT2D eigenvalue weighted by molar-refractivity contribution is 5.25. The topological polar surface area (TPSA) is 66.9 Å². The van der Waals surface area contributed by atoms with Crippen LogP contribution in [0.25, 0.3) is 0 Å². The first-order valence-electron chi connectivity index (χ1n) is 6.95. The minimum absolute atomic E-state index is 0.302. The molecule has 6 nitrogen and oxygen atoms in total. The van der Waals surface area contributed by atoms with E-state index in [0.29, 0.717) is 11.9 Å². The second kappa shape index (κ2) is 6.00. The van der Waals surface area contributed by atoms with Crippen molar-refractivity contribution < 1.29 is 4.74 Å². The lowest BCUT2D eigenvalue weighted by atomic mass is 10.0. The number of piperidine rings is 1. The molecule has 1 aliphatic rings. The highest BCUT2D eigenvalue weighted by atomic mass is 16.5. The molecule has 20 heavy (non-hydrogen) atoms. The Bertz CT molecular complexity index is 542. The largest absolute Gasteiger partial charge is 0.481 e. The van der Waals surface area contributed by atoms with Gasteiger partial charge in [-0.05, 0) is 25.5 Å². The van der Waals surface area contributed by atoms with Crippen molar-refractivity contribution in [3.8, 4) is 5.88 Å². The van der Waals surface area contributed by atoms with Crippen LogP contribution in [0.3, 0.4) is 0 Å². The van der Waals surface area contributed by atoms with Gasteiger partial charge in [0.1, 0.15) is 12.2 Å². The van der Waals surface area contributed by atoms with E-state index in [1.807, 2.05) is 6.07 Å². The summed E-state index contributed by atoms with van der Waals surface area (Å²) in [6, 6.07) is 4.32.